The zero-order chi connectivity index (χ0) is 20.2. The number of carbonyl (C=O) groups is 1. The Morgan fingerprint density at radius 1 is 0.931 bits per heavy atom. The smallest absolute Gasteiger partial charge is 0.187 e. The molecule has 0 fully saturated rings. The van der Waals surface area contributed by atoms with Crippen molar-refractivity contribution in [1.29, 1.82) is 0 Å². The maximum atomic E-state index is 14.1. The number of nitrogen functional groups attached to an aromatic ring is 1. The van der Waals surface area contributed by atoms with Crippen LogP contribution in [0.2, 0.25) is 0 Å². The highest BCUT2D eigenvalue weighted by atomic mass is 19.1. The van der Waals surface area contributed by atoms with Gasteiger partial charge in [0, 0.05) is 42.3 Å². The first kappa shape index (κ1) is 18.4. The fraction of sp³-hybridized carbons (Fsp3) is 0.0455. The number of nitrogens with zero attached hydrogens (tertiary/aromatic N) is 4. The number of hydrogen-bond acceptors (Lipinski definition) is 6. The Balaban J connectivity index is 1.69. The Hall–Kier alpha value is -4.00. The summed E-state index contributed by atoms with van der Waals surface area (Å²) >= 11 is 0. The molecule has 4 rings (SSSR count). The second-order valence-electron chi connectivity index (χ2n) is 6.37. The molecule has 0 saturated carbocycles. The van der Waals surface area contributed by atoms with Crippen LogP contribution >= 0.6 is 0 Å². The standard InChI is InChI=1S/C22H16FN5O/c23-18-4-2-1-3-17(18)20-6-5-19(24)22(28-20)21(29)9-14-10-25-8-7-16(14)15-11-26-13-27-12-15/h1-8,10-13H,9,24H2. The van der Waals surface area contributed by atoms with Gasteiger partial charge in [0.2, 0.25) is 0 Å². The van der Waals surface area contributed by atoms with E-state index in [1.54, 1.807) is 61.2 Å². The van der Waals surface area contributed by atoms with E-state index in [2.05, 4.69) is 19.9 Å². The third-order valence-corrected chi connectivity index (χ3v) is 4.47. The number of rotatable bonds is 5. The number of aromatic nitrogens is 4. The topological polar surface area (TPSA) is 94.7 Å². The molecule has 3 aromatic heterocycles. The molecule has 2 N–H and O–H groups in total. The molecular weight excluding hydrogens is 369 g/mol. The molecule has 142 valence electrons. The first-order valence-corrected chi connectivity index (χ1v) is 8.86. The molecule has 0 aliphatic rings. The number of halogens is 1. The van der Waals surface area contributed by atoms with Crippen LogP contribution in [0.25, 0.3) is 22.4 Å². The Kier molecular flexibility index (Phi) is 5.03. The van der Waals surface area contributed by atoms with Gasteiger partial charge < -0.3 is 5.73 Å². The summed E-state index contributed by atoms with van der Waals surface area (Å²) in [7, 11) is 0. The van der Waals surface area contributed by atoms with Crippen LogP contribution < -0.4 is 5.73 Å². The number of Topliss-reactive ketones (excluding diaryl/α,β-unsaturated/α-hetero) is 1. The summed E-state index contributed by atoms with van der Waals surface area (Å²) in [6, 6.07) is 11.2. The Labute approximate surface area is 166 Å². The van der Waals surface area contributed by atoms with Gasteiger partial charge in [-0.3, -0.25) is 9.78 Å². The van der Waals surface area contributed by atoms with E-state index in [-0.39, 0.29) is 23.6 Å². The molecule has 0 bridgehead atoms. The van der Waals surface area contributed by atoms with Crippen molar-refractivity contribution in [2.24, 2.45) is 0 Å². The van der Waals surface area contributed by atoms with Crippen molar-refractivity contribution in [2.75, 3.05) is 5.73 Å². The molecule has 1 aromatic carbocycles. The Morgan fingerprint density at radius 2 is 1.72 bits per heavy atom. The zero-order valence-corrected chi connectivity index (χ0v) is 15.3. The Bertz CT molecular complexity index is 1180. The highest BCUT2D eigenvalue weighted by Crippen LogP contribution is 2.26. The molecule has 4 aromatic rings. The summed E-state index contributed by atoms with van der Waals surface area (Å²) in [4.78, 5) is 29.5. The number of anilines is 1. The monoisotopic (exact) mass is 385 g/mol. The SMILES string of the molecule is Nc1ccc(-c2ccccc2F)nc1C(=O)Cc1cnccc1-c1cncnc1. The first-order valence-electron chi connectivity index (χ1n) is 8.86. The van der Waals surface area contributed by atoms with Crippen molar-refractivity contribution in [3.63, 3.8) is 0 Å². The van der Waals surface area contributed by atoms with E-state index in [4.69, 9.17) is 5.73 Å². The van der Waals surface area contributed by atoms with E-state index in [0.717, 1.165) is 11.1 Å². The van der Waals surface area contributed by atoms with Crippen molar-refractivity contribution in [3.8, 4) is 22.4 Å². The molecular formula is C22H16FN5O. The van der Waals surface area contributed by atoms with Crippen LogP contribution in [-0.4, -0.2) is 25.7 Å². The van der Waals surface area contributed by atoms with Crippen LogP contribution in [0.5, 0.6) is 0 Å². The molecule has 0 atom stereocenters. The second-order valence-corrected chi connectivity index (χ2v) is 6.37. The molecule has 6 nitrogen and oxygen atoms in total. The minimum atomic E-state index is -0.415. The molecule has 0 aliphatic heterocycles. The molecule has 0 radical (unpaired) electrons. The lowest BCUT2D eigenvalue weighted by atomic mass is 9.98. The summed E-state index contributed by atoms with van der Waals surface area (Å²) in [5.74, 6) is -0.700. The van der Waals surface area contributed by atoms with Gasteiger partial charge >= 0.3 is 0 Å². The molecule has 0 unspecified atom stereocenters. The van der Waals surface area contributed by atoms with Gasteiger partial charge in [-0.15, -0.1) is 0 Å². The molecule has 0 aliphatic carbocycles. The van der Waals surface area contributed by atoms with E-state index in [1.807, 2.05) is 0 Å². The molecule has 0 saturated heterocycles. The van der Waals surface area contributed by atoms with Gasteiger partial charge in [-0.2, -0.15) is 0 Å². The van der Waals surface area contributed by atoms with Gasteiger partial charge in [0.1, 0.15) is 17.8 Å². The number of benzene rings is 1. The van der Waals surface area contributed by atoms with Gasteiger partial charge in [-0.25, -0.2) is 19.3 Å². The summed E-state index contributed by atoms with van der Waals surface area (Å²) in [5, 5.41) is 0. The van der Waals surface area contributed by atoms with Crippen molar-refractivity contribution in [1.82, 2.24) is 19.9 Å². The van der Waals surface area contributed by atoms with E-state index in [9.17, 15) is 9.18 Å². The summed E-state index contributed by atoms with van der Waals surface area (Å²) < 4.78 is 14.1. The molecule has 0 spiro atoms. The van der Waals surface area contributed by atoms with Gasteiger partial charge in [-0.05, 0) is 41.5 Å². The largest absolute Gasteiger partial charge is 0.397 e. The van der Waals surface area contributed by atoms with E-state index in [0.29, 0.717) is 16.8 Å². The van der Waals surface area contributed by atoms with Crippen LogP contribution in [0.15, 0.2) is 73.6 Å². The maximum Gasteiger partial charge on any atom is 0.187 e. The van der Waals surface area contributed by atoms with E-state index < -0.39 is 5.82 Å². The lowest BCUT2D eigenvalue weighted by Gasteiger charge is -2.10. The number of pyridine rings is 2. The van der Waals surface area contributed by atoms with E-state index >= 15 is 0 Å². The Morgan fingerprint density at radius 3 is 2.52 bits per heavy atom. The molecule has 29 heavy (non-hydrogen) atoms. The lowest BCUT2D eigenvalue weighted by Crippen LogP contribution is -2.11. The molecule has 7 heteroatoms. The third kappa shape index (κ3) is 3.84. The number of carbonyl (C=O) groups excluding carboxylic acids is 1. The quantitative estimate of drug-likeness (QED) is 0.526. The third-order valence-electron chi connectivity index (χ3n) is 4.47. The average Bonchev–Trinajstić information content (AvgIpc) is 2.75. The van der Waals surface area contributed by atoms with Crippen LogP contribution in [-0.2, 0) is 6.42 Å². The van der Waals surface area contributed by atoms with Crippen molar-refractivity contribution in [3.05, 3.63) is 90.7 Å². The van der Waals surface area contributed by atoms with Gasteiger partial charge in [-0.1, -0.05) is 12.1 Å². The fourth-order valence-electron chi connectivity index (χ4n) is 3.06. The zero-order valence-electron chi connectivity index (χ0n) is 15.3. The normalized spacial score (nSPS) is 10.7. The van der Waals surface area contributed by atoms with Crippen LogP contribution in [0.3, 0.4) is 0 Å². The van der Waals surface area contributed by atoms with Gasteiger partial charge in [0.15, 0.2) is 5.78 Å². The molecule has 0 amide bonds. The highest BCUT2D eigenvalue weighted by molar-refractivity contribution is 6.01. The fourth-order valence-corrected chi connectivity index (χ4v) is 3.06. The number of nitrogens with two attached hydrogens (primary N) is 1. The van der Waals surface area contributed by atoms with Crippen molar-refractivity contribution < 1.29 is 9.18 Å². The van der Waals surface area contributed by atoms with Crippen molar-refractivity contribution in [2.45, 2.75) is 6.42 Å². The predicted octanol–water partition coefficient (Wildman–Crippen LogP) is 3.75. The second kappa shape index (κ2) is 7.93. The first-order chi connectivity index (χ1) is 14.1. The van der Waals surface area contributed by atoms with E-state index in [1.165, 1.54) is 12.4 Å². The minimum absolute atomic E-state index is 0.0377. The maximum absolute atomic E-state index is 14.1. The minimum Gasteiger partial charge on any atom is -0.397 e. The number of ketones is 1. The van der Waals surface area contributed by atoms with Gasteiger partial charge in [0.05, 0.1) is 11.4 Å². The summed E-state index contributed by atoms with van der Waals surface area (Å²) in [6.07, 6.45) is 8.08. The molecule has 3 heterocycles. The van der Waals surface area contributed by atoms with Crippen LogP contribution in [0, 0.1) is 5.82 Å². The lowest BCUT2D eigenvalue weighted by molar-refractivity contribution is 0.0989. The number of hydrogen-bond donors (Lipinski definition) is 1. The summed E-state index contributed by atoms with van der Waals surface area (Å²) in [5.41, 5.74) is 9.28. The predicted molar refractivity (Wildman–Crippen MR) is 107 cm³/mol. The highest BCUT2D eigenvalue weighted by Gasteiger charge is 2.17. The van der Waals surface area contributed by atoms with Gasteiger partial charge in [0.25, 0.3) is 0 Å². The average molecular weight is 385 g/mol. The summed E-state index contributed by atoms with van der Waals surface area (Å²) in [6.45, 7) is 0. The van der Waals surface area contributed by atoms with Crippen LogP contribution in [0.4, 0.5) is 10.1 Å². The van der Waals surface area contributed by atoms with Crippen LogP contribution in [0.1, 0.15) is 16.1 Å². The van der Waals surface area contributed by atoms with Crippen molar-refractivity contribution >= 4 is 11.5 Å².